The number of halogens is 1. The fourth-order valence-corrected chi connectivity index (χ4v) is 7.42. The molecule has 209 valence electrons. The van der Waals surface area contributed by atoms with Crippen molar-refractivity contribution in [2.75, 3.05) is 13.0 Å². The van der Waals surface area contributed by atoms with Gasteiger partial charge in [-0.2, -0.15) is 0 Å². The van der Waals surface area contributed by atoms with E-state index in [9.17, 15) is 10.00 Å². The molecule has 0 bridgehead atoms. The normalized spacial score (nSPS) is 22.4. The molecule has 2 aliphatic rings. The third kappa shape index (κ3) is 7.11. The van der Waals surface area contributed by atoms with Crippen LogP contribution in [-0.4, -0.2) is 27.9 Å². The van der Waals surface area contributed by atoms with E-state index in [0.29, 0.717) is 41.9 Å². The minimum absolute atomic E-state index is 0.0490. The lowest BCUT2D eigenvalue weighted by Gasteiger charge is -2.37. The summed E-state index contributed by atoms with van der Waals surface area (Å²) in [5.41, 5.74) is 6.10. The van der Waals surface area contributed by atoms with Crippen molar-refractivity contribution < 1.29 is 23.8 Å². The molecular formula is C31H38ClNO5P. The van der Waals surface area contributed by atoms with Crippen LogP contribution < -0.4 is 4.74 Å². The predicted octanol–water partition coefficient (Wildman–Crippen LogP) is 8.36. The van der Waals surface area contributed by atoms with Crippen molar-refractivity contribution in [1.29, 1.82) is 0 Å². The van der Waals surface area contributed by atoms with E-state index in [-0.39, 0.29) is 12.5 Å². The first-order valence-electron chi connectivity index (χ1n) is 13.9. The molecule has 2 heterocycles. The Kier molecular flexibility index (Phi) is 9.10. The van der Waals surface area contributed by atoms with Crippen LogP contribution in [0.15, 0.2) is 48.5 Å². The molecule has 3 aromatic rings. The summed E-state index contributed by atoms with van der Waals surface area (Å²) in [6.45, 7) is 4.52. The number of pyridine rings is 1. The standard InChI is InChI=1S/C31H38ClNO5P/c1-21-16-27(36-20-39(35)37-15-14-30(38-39)24-10-7-11-25(32)18-24)17-22(2)28(21)19-26-12-13-29(34)31(33-26)23-8-5-3-4-6-9-23/h7,10-13,16-18,23,30,34-35H,3-6,8-9,14-15,19-20H2,1-2H3. The molecule has 6 nitrogen and oxygen atoms in total. The minimum atomic E-state index is -3.19. The van der Waals surface area contributed by atoms with Gasteiger partial charge in [0.25, 0.3) is 7.94 Å². The van der Waals surface area contributed by atoms with Crippen molar-refractivity contribution in [3.8, 4) is 11.5 Å². The minimum Gasteiger partial charge on any atom is -0.506 e. The summed E-state index contributed by atoms with van der Waals surface area (Å²) in [6.07, 6.45) is 8.11. The van der Waals surface area contributed by atoms with Crippen molar-refractivity contribution >= 4 is 19.5 Å². The maximum Gasteiger partial charge on any atom is 0.269 e. The molecule has 1 aliphatic heterocycles. The van der Waals surface area contributed by atoms with E-state index in [4.69, 9.17) is 30.4 Å². The lowest BCUT2D eigenvalue weighted by molar-refractivity contribution is 0.0518. The largest absolute Gasteiger partial charge is 0.506 e. The Morgan fingerprint density at radius 1 is 1.00 bits per heavy atom. The molecule has 1 saturated carbocycles. The molecule has 1 saturated heterocycles. The second-order valence-corrected chi connectivity index (χ2v) is 13.2. The van der Waals surface area contributed by atoms with Crippen LogP contribution in [-0.2, 0) is 15.5 Å². The van der Waals surface area contributed by atoms with Gasteiger partial charge in [-0.25, -0.2) is 0 Å². The Morgan fingerprint density at radius 3 is 2.46 bits per heavy atom. The van der Waals surface area contributed by atoms with Crippen molar-refractivity contribution in [2.45, 2.75) is 77.2 Å². The zero-order chi connectivity index (χ0) is 27.4. The van der Waals surface area contributed by atoms with E-state index in [1.807, 2.05) is 42.5 Å². The Labute approximate surface area is 236 Å². The molecule has 5 rings (SSSR count). The van der Waals surface area contributed by atoms with Gasteiger partial charge in [0.2, 0.25) is 0 Å². The molecule has 8 heteroatoms. The molecule has 2 fully saturated rings. The Hall–Kier alpha value is -2.21. The van der Waals surface area contributed by atoms with Gasteiger partial charge in [-0.1, -0.05) is 49.4 Å². The van der Waals surface area contributed by atoms with Gasteiger partial charge in [-0.05, 0) is 85.3 Å². The van der Waals surface area contributed by atoms with Crippen molar-refractivity contribution in [1.82, 2.24) is 4.98 Å². The molecule has 1 aliphatic carbocycles. The lowest BCUT2D eigenvalue weighted by atomic mass is 9.94. The number of aromatic nitrogens is 1. The molecule has 2 atom stereocenters. The number of benzene rings is 2. The summed E-state index contributed by atoms with van der Waals surface area (Å²) in [5, 5.41) is 11.2. The van der Waals surface area contributed by atoms with Crippen molar-refractivity contribution in [2.24, 2.45) is 0 Å². The smallest absolute Gasteiger partial charge is 0.269 e. The molecule has 1 radical (unpaired) electrons. The summed E-state index contributed by atoms with van der Waals surface area (Å²) in [6, 6.07) is 15.2. The predicted molar refractivity (Wildman–Crippen MR) is 156 cm³/mol. The second kappa shape index (κ2) is 12.5. The quantitative estimate of drug-likeness (QED) is 0.219. The number of aryl methyl sites for hydroxylation is 2. The van der Waals surface area contributed by atoms with Gasteiger partial charge in [0.1, 0.15) is 11.5 Å². The summed E-state index contributed by atoms with van der Waals surface area (Å²) in [4.78, 5) is 16.0. The van der Waals surface area contributed by atoms with Crippen molar-refractivity contribution in [3.05, 3.63) is 87.2 Å². The fraction of sp³-hybridized carbons (Fsp3) is 0.452. The zero-order valence-electron chi connectivity index (χ0n) is 22.7. The molecule has 2 unspecified atom stereocenters. The molecule has 0 spiro atoms. The first-order chi connectivity index (χ1) is 18.8. The van der Waals surface area contributed by atoms with Gasteiger partial charge in [0.15, 0.2) is 6.35 Å². The average Bonchev–Trinajstić information content (AvgIpc) is 3.20. The van der Waals surface area contributed by atoms with Crippen LogP contribution in [0.4, 0.5) is 0 Å². The van der Waals surface area contributed by atoms with E-state index in [0.717, 1.165) is 40.9 Å². The van der Waals surface area contributed by atoms with Crippen LogP contribution in [0.3, 0.4) is 0 Å². The molecular weight excluding hydrogens is 533 g/mol. The van der Waals surface area contributed by atoms with Gasteiger partial charge < -0.3 is 23.8 Å². The average molecular weight is 571 g/mol. The van der Waals surface area contributed by atoms with E-state index >= 15 is 0 Å². The topological polar surface area (TPSA) is 81.0 Å². The molecule has 2 N–H and O–H groups in total. The summed E-state index contributed by atoms with van der Waals surface area (Å²) >= 11 is 6.15. The number of hydrogen-bond acceptors (Lipinski definition) is 6. The number of hydrogen-bond donors (Lipinski definition) is 2. The van der Waals surface area contributed by atoms with E-state index in [2.05, 4.69) is 13.8 Å². The highest BCUT2D eigenvalue weighted by atomic mass is 35.5. The van der Waals surface area contributed by atoms with Gasteiger partial charge >= 0.3 is 0 Å². The molecule has 1 aromatic heterocycles. The van der Waals surface area contributed by atoms with Crippen LogP contribution in [0.2, 0.25) is 5.02 Å². The van der Waals surface area contributed by atoms with Gasteiger partial charge in [-0.3, -0.25) is 4.98 Å². The monoisotopic (exact) mass is 570 g/mol. The highest BCUT2D eigenvalue weighted by Gasteiger charge is 2.37. The second-order valence-electron chi connectivity index (χ2n) is 10.8. The first kappa shape index (κ1) is 28.3. The van der Waals surface area contributed by atoms with Gasteiger partial charge in [-0.15, -0.1) is 0 Å². The van der Waals surface area contributed by atoms with Gasteiger partial charge in [0.05, 0.1) is 18.4 Å². The Morgan fingerprint density at radius 2 is 1.74 bits per heavy atom. The fourth-order valence-electron chi connectivity index (χ4n) is 5.70. The highest BCUT2D eigenvalue weighted by molar-refractivity contribution is 7.60. The van der Waals surface area contributed by atoms with Crippen LogP contribution in [0, 0.1) is 13.8 Å². The molecule has 39 heavy (non-hydrogen) atoms. The van der Waals surface area contributed by atoms with Crippen LogP contribution >= 0.6 is 19.5 Å². The van der Waals surface area contributed by atoms with E-state index in [1.165, 1.54) is 31.2 Å². The van der Waals surface area contributed by atoms with Crippen LogP contribution in [0.1, 0.15) is 90.6 Å². The van der Waals surface area contributed by atoms with Crippen LogP contribution in [0.5, 0.6) is 11.5 Å². The first-order valence-corrected chi connectivity index (χ1v) is 16.0. The van der Waals surface area contributed by atoms with Crippen molar-refractivity contribution in [3.63, 3.8) is 0 Å². The third-order valence-electron chi connectivity index (χ3n) is 7.81. The Bertz CT molecular complexity index is 1270. The highest BCUT2D eigenvalue weighted by Crippen LogP contribution is 2.63. The Balaban J connectivity index is 1.26. The van der Waals surface area contributed by atoms with Gasteiger partial charge in [0, 0.05) is 29.5 Å². The number of ether oxygens (including phenoxy) is 1. The SMILES string of the molecule is Cc1cc(OC[P]2(O)OCCC(c3cccc(Cl)c3)O2)cc(C)c1Cc1ccc(O)c(C2CCCCCC2)n1. The number of rotatable bonds is 7. The third-order valence-corrected chi connectivity index (χ3v) is 9.67. The maximum absolute atomic E-state index is 11.1. The zero-order valence-corrected chi connectivity index (χ0v) is 24.4. The number of nitrogens with zero attached hydrogens (tertiary/aromatic N) is 1. The summed E-state index contributed by atoms with van der Waals surface area (Å²) in [5.74, 6) is 1.31. The maximum atomic E-state index is 11.1. The molecule has 0 amide bonds. The molecule has 2 aromatic carbocycles. The number of aromatic hydroxyl groups is 1. The summed E-state index contributed by atoms with van der Waals surface area (Å²) < 4.78 is 17.7. The van der Waals surface area contributed by atoms with Crippen LogP contribution in [0.25, 0.3) is 0 Å². The van der Waals surface area contributed by atoms with E-state index < -0.39 is 7.94 Å². The van der Waals surface area contributed by atoms with E-state index in [1.54, 1.807) is 6.07 Å². The lowest BCUT2D eigenvalue weighted by Crippen LogP contribution is -2.21. The summed E-state index contributed by atoms with van der Waals surface area (Å²) in [7, 11) is -3.19.